The molecule has 7 heteroatoms. The van der Waals surface area contributed by atoms with Crippen LogP contribution in [0.3, 0.4) is 0 Å². The number of aryl methyl sites for hydroxylation is 1. The van der Waals surface area contributed by atoms with Crippen LogP contribution in [0.1, 0.15) is 49.7 Å². The molecule has 5 nitrogen and oxygen atoms in total. The summed E-state index contributed by atoms with van der Waals surface area (Å²) in [6, 6.07) is 3.39. The minimum Gasteiger partial charge on any atom is -0.261 e. The van der Waals surface area contributed by atoms with Crippen molar-refractivity contribution in [1.29, 1.82) is 0 Å². The van der Waals surface area contributed by atoms with Gasteiger partial charge in [0.15, 0.2) is 0 Å². The van der Waals surface area contributed by atoms with Gasteiger partial charge in [0.25, 0.3) is 5.95 Å². The lowest BCUT2D eigenvalue weighted by atomic mass is 10.1. The van der Waals surface area contributed by atoms with Crippen molar-refractivity contribution in [3.63, 3.8) is 0 Å². The van der Waals surface area contributed by atoms with Crippen molar-refractivity contribution in [2.45, 2.75) is 45.2 Å². The van der Waals surface area contributed by atoms with Crippen LogP contribution in [0.15, 0.2) is 18.3 Å². The van der Waals surface area contributed by atoms with Gasteiger partial charge in [0, 0.05) is 29.3 Å². The summed E-state index contributed by atoms with van der Waals surface area (Å²) in [6.45, 7) is 4.81. The molecule has 124 valence electrons. The molecule has 0 radical (unpaired) electrons. The van der Waals surface area contributed by atoms with E-state index in [1.807, 2.05) is 19.2 Å². The van der Waals surface area contributed by atoms with Crippen molar-refractivity contribution in [3.8, 4) is 5.95 Å². The number of alkyl halides is 1. The lowest BCUT2D eigenvalue weighted by molar-refractivity contribution is 0.214. The van der Waals surface area contributed by atoms with Crippen molar-refractivity contribution in [1.82, 2.24) is 24.7 Å². The number of halogens is 2. The molecule has 1 aliphatic carbocycles. The average molecular weight is 346 g/mol. The topological polar surface area (TPSA) is 56.5 Å². The summed E-state index contributed by atoms with van der Waals surface area (Å²) in [5, 5.41) is 5.89. The highest BCUT2D eigenvalue weighted by molar-refractivity contribution is 6.29. The molecule has 1 saturated carbocycles. The van der Waals surface area contributed by atoms with Gasteiger partial charge in [-0.1, -0.05) is 11.6 Å². The molecule has 3 aromatic rings. The monoisotopic (exact) mass is 345 g/mol. The zero-order valence-corrected chi connectivity index (χ0v) is 14.5. The van der Waals surface area contributed by atoms with Gasteiger partial charge in [0.1, 0.15) is 10.8 Å². The third-order valence-electron chi connectivity index (χ3n) is 4.18. The quantitative estimate of drug-likeness (QED) is 0.666. The highest BCUT2D eigenvalue weighted by atomic mass is 35.5. The molecule has 0 spiro atoms. The number of nitrogens with zero attached hydrogens (tertiary/aromatic N) is 5. The van der Waals surface area contributed by atoms with Gasteiger partial charge in [-0.05, 0) is 39.7 Å². The van der Waals surface area contributed by atoms with Gasteiger partial charge in [0.2, 0.25) is 0 Å². The first-order chi connectivity index (χ1) is 11.3. The maximum Gasteiger partial charge on any atom is 0.252 e. The molecule has 3 aromatic heterocycles. The maximum absolute atomic E-state index is 14.3. The Bertz CT molecular complexity index is 940. The second-order valence-electron chi connectivity index (χ2n) is 6.76. The van der Waals surface area contributed by atoms with Gasteiger partial charge in [-0.3, -0.25) is 4.98 Å². The second kappa shape index (κ2) is 5.21. The van der Waals surface area contributed by atoms with Crippen LogP contribution in [0.2, 0.25) is 5.15 Å². The van der Waals surface area contributed by atoms with Gasteiger partial charge in [0.05, 0.1) is 16.9 Å². The fourth-order valence-corrected chi connectivity index (χ4v) is 2.93. The first-order valence-corrected chi connectivity index (χ1v) is 8.30. The van der Waals surface area contributed by atoms with Crippen LogP contribution in [0, 0.1) is 6.92 Å². The zero-order chi connectivity index (χ0) is 17.1. The van der Waals surface area contributed by atoms with Gasteiger partial charge in [-0.15, -0.1) is 0 Å². The maximum atomic E-state index is 14.3. The Morgan fingerprint density at radius 1 is 1.25 bits per heavy atom. The summed E-state index contributed by atoms with van der Waals surface area (Å²) in [5.74, 6) is 0.736. The number of hydrogen-bond donors (Lipinski definition) is 0. The lowest BCUT2D eigenvalue weighted by Gasteiger charge is -2.14. The third kappa shape index (κ3) is 2.65. The minimum absolute atomic E-state index is 0.197. The van der Waals surface area contributed by atoms with E-state index in [1.165, 1.54) is 19.9 Å². The summed E-state index contributed by atoms with van der Waals surface area (Å²) >= 11 is 6.10. The predicted molar refractivity (Wildman–Crippen MR) is 90.3 cm³/mol. The van der Waals surface area contributed by atoms with Crippen molar-refractivity contribution in [2.75, 3.05) is 0 Å². The summed E-state index contributed by atoms with van der Waals surface area (Å²) in [6.07, 6.45) is 4.09. The van der Waals surface area contributed by atoms with E-state index >= 15 is 0 Å². The molecule has 0 bridgehead atoms. The molecular formula is C17H17ClFN5. The molecule has 0 N–H and O–H groups in total. The average Bonchev–Trinajstić information content (AvgIpc) is 3.27. The van der Waals surface area contributed by atoms with E-state index in [9.17, 15) is 4.39 Å². The van der Waals surface area contributed by atoms with Crippen molar-refractivity contribution < 1.29 is 4.39 Å². The van der Waals surface area contributed by atoms with Gasteiger partial charge in [-0.25, -0.2) is 9.37 Å². The van der Waals surface area contributed by atoms with E-state index in [0.717, 1.165) is 35.1 Å². The van der Waals surface area contributed by atoms with E-state index < -0.39 is 5.67 Å². The largest absolute Gasteiger partial charge is 0.261 e. The third-order valence-corrected chi connectivity index (χ3v) is 4.37. The molecule has 0 atom stereocenters. The molecular weight excluding hydrogens is 329 g/mol. The van der Waals surface area contributed by atoms with Crippen LogP contribution < -0.4 is 0 Å². The zero-order valence-electron chi connectivity index (χ0n) is 13.7. The van der Waals surface area contributed by atoms with Crippen molar-refractivity contribution >= 4 is 22.5 Å². The highest BCUT2D eigenvalue weighted by Crippen LogP contribution is 2.42. The second-order valence-corrected chi connectivity index (χ2v) is 7.15. The van der Waals surface area contributed by atoms with Crippen LogP contribution in [-0.4, -0.2) is 24.7 Å². The standard InChI is InChI=1S/C17H17ClFN5/c1-9-6-12-11(8-20-9)15(10-4-5-10)23-24(12)16-21-13(17(2,3)19)7-14(18)22-16/h6-8,10H,4-5H2,1-3H3. The summed E-state index contributed by atoms with van der Waals surface area (Å²) < 4.78 is 16.0. The molecule has 24 heavy (non-hydrogen) atoms. The number of aromatic nitrogens is 5. The number of pyridine rings is 1. The Balaban J connectivity index is 1.96. The molecule has 1 aliphatic rings. The fourth-order valence-electron chi connectivity index (χ4n) is 2.75. The van der Waals surface area contributed by atoms with E-state index in [1.54, 1.807) is 4.68 Å². The van der Waals surface area contributed by atoms with Crippen LogP contribution in [-0.2, 0) is 5.67 Å². The van der Waals surface area contributed by atoms with Gasteiger partial charge >= 0.3 is 0 Å². The van der Waals surface area contributed by atoms with E-state index in [2.05, 4.69) is 15.0 Å². The van der Waals surface area contributed by atoms with E-state index in [0.29, 0.717) is 5.92 Å². The van der Waals surface area contributed by atoms with Crippen molar-refractivity contribution in [2.24, 2.45) is 0 Å². The molecule has 0 amide bonds. The Morgan fingerprint density at radius 2 is 2.00 bits per heavy atom. The summed E-state index contributed by atoms with van der Waals surface area (Å²) in [5.41, 5.74) is 1.37. The normalized spacial score (nSPS) is 15.2. The molecule has 4 rings (SSSR count). The Labute approximate surface area is 143 Å². The van der Waals surface area contributed by atoms with Crippen LogP contribution in [0.25, 0.3) is 16.9 Å². The lowest BCUT2D eigenvalue weighted by Crippen LogP contribution is -2.15. The highest BCUT2D eigenvalue weighted by Gasteiger charge is 2.30. The van der Waals surface area contributed by atoms with Crippen LogP contribution >= 0.6 is 11.6 Å². The molecule has 0 aliphatic heterocycles. The van der Waals surface area contributed by atoms with E-state index in [-0.39, 0.29) is 16.8 Å². The Kier molecular flexibility index (Phi) is 3.35. The summed E-state index contributed by atoms with van der Waals surface area (Å²) in [4.78, 5) is 13.0. The molecule has 0 unspecified atom stereocenters. The Hall–Kier alpha value is -2.08. The van der Waals surface area contributed by atoms with E-state index in [4.69, 9.17) is 16.7 Å². The predicted octanol–water partition coefficient (Wildman–Crippen LogP) is 4.25. The minimum atomic E-state index is -1.61. The molecule has 3 heterocycles. The van der Waals surface area contributed by atoms with Crippen molar-refractivity contribution in [3.05, 3.63) is 40.6 Å². The fraction of sp³-hybridized carbons (Fsp3) is 0.412. The SMILES string of the molecule is Cc1cc2c(cn1)c(C1CC1)nn2-c1nc(Cl)cc(C(C)(C)F)n1. The first kappa shape index (κ1) is 15.4. The Morgan fingerprint density at radius 3 is 2.67 bits per heavy atom. The number of rotatable bonds is 3. The van der Waals surface area contributed by atoms with Crippen LogP contribution in [0.4, 0.5) is 4.39 Å². The van der Waals surface area contributed by atoms with Gasteiger partial charge in [-0.2, -0.15) is 14.8 Å². The van der Waals surface area contributed by atoms with Gasteiger partial charge < -0.3 is 0 Å². The number of hydrogen-bond acceptors (Lipinski definition) is 4. The number of fused-ring (bicyclic) bond motifs is 1. The first-order valence-electron chi connectivity index (χ1n) is 7.92. The van der Waals surface area contributed by atoms with Crippen LogP contribution in [0.5, 0.6) is 0 Å². The molecule has 0 aromatic carbocycles. The molecule has 0 saturated heterocycles. The summed E-state index contributed by atoms with van der Waals surface area (Å²) in [7, 11) is 0. The smallest absolute Gasteiger partial charge is 0.252 e. The molecule has 1 fully saturated rings.